The van der Waals surface area contributed by atoms with Gasteiger partial charge in [-0.3, -0.25) is 9.48 Å². The predicted molar refractivity (Wildman–Crippen MR) is 106 cm³/mol. The van der Waals surface area contributed by atoms with Crippen LogP contribution >= 0.6 is 0 Å². The van der Waals surface area contributed by atoms with Crippen LogP contribution in [0.1, 0.15) is 40.9 Å². The van der Waals surface area contributed by atoms with Gasteiger partial charge in [0.1, 0.15) is 0 Å². The van der Waals surface area contributed by atoms with Gasteiger partial charge >= 0.3 is 0 Å². The van der Waals surface area contributed by atoms with Gasteiger partial charge in [0.15, 0.2) is 0 Å². The molecule has 0 bridgehead atoms. The minimum absolute atomic E-state index is 0.0379. The molecule has 0 aliphatic carbocycles. The van der Waals surface area contributed by atoms with Crippen molar-refractivity contribution in [1.29, 1.82) is 5.26 Å². The van der Waals surface area contributed by atoms with Crippen molar-refractivity contribution in [3.8, 4) is 6.07 Å². The number of nitrogens with one attached hydrogen (secondary N) is 1. The van der Waals surface area contributed by atoms with E-state index in [2.05, 4.69) is 45.7 Å². The Labute approximate surface area is 161 Å². The summed E-state index contributed by atoms with van der Waals surface area (Å²) in [5, 5.41) is 16.2. The molecule has 1 aromatic heterocycles. The first-order valence-corrected chi connectivity index (χ1v) is 9.29. The van der Waals surface area contributed by atoms with Gasteiger partial charge in [-0.2, -0.15) is 10.4 Å². The van der Waals surface area contributed by atoms with Crippen molar-refractivity contribution in [2.24, 2.45) is 0 Å². The third-order valence-corrected chi connectivity index (χ3v) is 4.58. The molecule has 1 heterocycles. The molecule has 0 aliphatic rings. The number of carbonyl (C=O) groups excluding carboxylic acids is 1. The Morgan fingerprint density at radius 2 is 1.89 bits per heavy atom. The standard InChI is InChI=1S/C21H29N5O/c1-16-20(17(2)26(24-16)13-5-12-22)10-11-21(27)23-14-18-6-8-19(9-7-18)15-25(3)4/h6-9H,5,10-11,13-15H2,1-4H3,(H,23,27). The van der Waals surface area contributed by atoms with Crippen LogP contribution in [0.15, 0.2) is 24.3 Å². The van der Waals surface area contributed by atoms with Gasteiger partial charge in [0.2, 0.25) is 5.91 Å². The molecule has 0 atom stereocenters. The Morgan fingerprint density at radius 1 is 1.22 bits per heavy atom. The summed E-state index contributed by atoms with van der Waals surface area (Å²) in [6.07, 6.45) is 1.54. The maximum absolute atomic E-state index is 12.2. The van der Waals surface area contributed by atoms with Gasteiger partial charge in [-0.15, -0.1) is 0 Å². The molecule has 2 rings (SSSR count). The third-order valence-electron chi connectivity index (χ3n) is 4.58. The SMILES string of the molecule is Cc1nn(CCC#N)c(C)c1CCC(=O)NCc1ccc(CN(C)C)cc1. The zero-order chi connectivity index (χ0) is 19.8. The summed E-state index contributed by atoms with van der Waals surface area (Å²) in [5.74, 6) is 0.0379. The number of amides is 1. The second-order valence-corrected chi connectivity index (χ2v) is 7.11. The zero-order valence-corrected chi connectivity index (χ0v) is 16.7. The minimum Gasteiger partial charge on any atom is -0.352 e. The largest absolute Gasteiger partial charge is 0.352 e. The molecule has 0 radical (unpaired) electrons. The first-order chi connectivity index (χ1) is 12.9. The summed E-state index contributed by atoms with van der Waals surface area (Å²) in [5.41, 5.74) is 5.45. The molecule has 144 valence electrons. The first-order valence-electron chi connectivity index (χ1n) is 9.29. The highest BCUT2D eigenvalue weighted by atomic mass is 16.1. The minimum atomic E-state index is 0.0379. The highest BCUT2D eigenvalue weighted by Crippen LogP contribution is 2.15. The van der Waals surface area contributed by atoms with Crippen molar-refractivity contribution in [3.63, 3.8) is 0 Å². The summed E-state index contributed by atoms with van der Waals surface area (Å²) in [7, 11) is 4.09. The Kier molecular flexibility index (Phi) is 7.56. The third kappa shape index (κ3) is 6.22. The van der Waals surface area contributed by atoms with Gasteiger partial charge < -0.3 is 10.2 Å². The molecule has 0 aliphatic heterocycles. The van der Waals surface area contributed by atoms with Crippen molar-refractivity contribution in [1.82, 2.24) is 20.0 Å². The average Bonchev–Trinajstić information content (AvgIpc) is 2.90. The zero-order valence-electron chi connectivity index (χ0n) is 16.7. The Hall–Kier alpha value is -2.65. The highest BCUT2D eigenvalue weighted by molar-refractivity contribution is 5.76. The van der Waals surface area contributed by atoms with Crippen LogP contribution in [-0.2, 0) is 30.8 Å². The Bertz CT molecular complexity index is 799. The predicted octanol–water partition coefficient (Wildman–Crippen LogP) is 2.72. The average molecular weight is 367 g/mol. The van der Waals surface area contributed by atoms with E-state index in [0.29, 0.717) is 32.4 Å². The van der Waals surface area contributed by atoms with E-state index in [1.54, 1.807) is 0 Å². The smallest absolute Gasteiger partial charge is 0.220 e. The molecule has 0 unspecified atom stereocenters. The van der Waals surface area contributed by atoms with E-state index in [4.69, 9.17) is 5.26 Å². The maximum atomic E-state index is 12.2. The molecular weight excluding hydrogens is 338 g/mol. The molecule has 6 heteroatoms. The summed E-state index contributed by atoms with van der Waals surface area (Å²) in [6, 6.07) is 10.5. The van der Waals surface area contributed by atoms with E-state index in [1.165, 1.54) is 5.56 Å². The van der Waals surface area contributed by atoms with Crippen molar-refractivity contribution in [2.45, 2.75) is 52.7 Å². The lowest BCUT2D eigenvalue weighted by Gasteiger charge is -2.10. The molecule has 0 fully saturated rings. The lowest BCUT2D eigenvalue weighted by molar-refractivity contribution is -0.121. The number of nitriles is 1. The topological polar surface area (TPSA) is 73.9 Å². The molecule has 6 nitrogen and oxygen atoms in total. The molecule has 1 amide bonds. The lowest BCUT2D eigenvalue weighted by atomic mass is 10.1. The molecule has 27 heavy (non-hydrogen) atoms. The van der Waals surface area contributed by atoms with Gasteiger partial charge in [-0.05, 0) is 51.1 Å². The van der Waals surface area contributed by atoms with Crippen LogP contribution in [0, 0.1) is 25.2 Å². The fourth-order valence-corrected chi connectivity index (χ4v) is 3.12. The van der Waals surface area contributed by atoms with Crippen molar-refractivity contribution < 1.29 is 4.79 Å². The monoisotopic (exact) mass is 367 g/mol. The van der Waals surface area contributed by atoms with Gasteiger partial charge in [-0.25, -0.2) is 0 Å². The Morgan fingerprint density at radius 3 is 2.52 bits per heavy atom. The normalized spacial score (nSPS) is 10.8. The first kappa shape index (κ1) is 20.7. The van der Waals surface area contributed by atoms with Crippen LogP contribution in [0.3, 0.4) is 0 Å². The van der Waals surface area contributed by atoms with E-state index >= 15 is 0 Å². The molecule has 0 saturated heterocycles. The molecule has 0 saturated carbocycles. The van der Waals surface area contributed by atoms with E-state index in [0.717, 1.165) is 29.1 Å². The fraction of sp³-hybridized carbons (Fsp3) is 0.476. The number of benzene rings is 1. The molecule has 2 aromatic rings. The summed E-state index contributed by atoms with van der Waals surface area (Å²) in [6.45, 7) is 6.01. The molecule has 0 spiro atoms. The second kappa shape index (κ2) is 9.89. The summed E-state index contributed by atoms with van der Waals surface area (Å²) >= 11 is 0. The number of hydrogen-bond donors (Lipinski definition) is 1. The number of aryl methyl sites for hydroxylation is 2. The van der Waals surface area contributed by atoms with Crippen molar-refractivity contribution >= 4 is 5.91 Å². The van der Waals surface area contributed by atoms with Crippen LogP contribution in [0.25, 0.3) is 0 Å². The Balaban J connectivity index is 1.83. The van der Waals surface area contributed by atoms with Crippen LogP contribution in [-0.4, -0.2) is 34.7 Å². The maximum Gasteiger partial charge on any atom is 0.220 e. The van der Waals surface area contributed by atoms with Crippen LogP contribution in [0.2, 0.25) is 0 Å². The number of aromatic nitrogens is 2. The lowest BCUT2D eigenvalue weighted by Crippen LogP contribution is -2.23. The summed E-state index contributed by atoms with van der Waals surface area (Å²) < 4.78 is 1.86. The number of nitrogens with zero attached hydrogens (tertiary/aromatic N) is 4. The van der Waals surface area contributed by atoms with Crippen LogP contribution in [0.5, 0.6) is 0 Å². The molecule has 1 aromatic carbocycles. The van der Waals surface area contributed by atoms with E-state index in [9.17, 15) is 4.79 Å². The molecular formula is C21H29N5O. The van der Waals surface area contributed by atoms with E-state index in [1.807, 2.05) is 32.6 Å². The van der Waals surface area contributed by atoms with Gasteiger partial charge in [0, 0.05) is 25.2 Å². The molecule has 1 N–H and O–H groups in total. The highest BCUT2D eigenvalue weighted by Gasteiger charge is 2.13. The van der Waals surface area contributed by atoms with Crippen LogP contribution < -0.4 is 5.32 Å². The van der Waals surface area contributed by atoms with Crippen molar-refractivity contribution in [2.75, 3.05) is 14.1 Å². The number of rotatable bonds is 9. The van der Waals surface area contributed by atoms with E-state index < -0.39 is 0 Å². The van der Waals surface area contributed by atoms with Gasteiger partial charge in [-0.1, -0.05) is 24.3 Å². The van der Waals surface area contributed by atoms with Crippen molar-refractivity contribution in [3.05, 3.63) is 52.3 Å². The van der Waals surface area contributed by atoms with Crippen LogP contribution in [0.4, 0.5) is 0 Å². The quantitative estimate of drug-likeness (QED) is 0.739. The second-order valence-electron chi connectivity index (χ2n) is 7.11. The number of carbonyl (C=O) groups is 1. The van der Waals surface area contributed by atoms with Gasteiger partial charge in [0.25, 0.3) is 0 Å². The fourth-order valence-electron chi connectivity index (χ4n) is 3.12. The number of hydrogen-bond acceptors (Lipinski definition) is 4. The van der Waals surface area contributed by atoms with E-state index in [-0.39, 0.29) is 5.91 Å². The summed E-state index contributed by atoms with van der Waals surface area (Å²) in [4.78, 5) is 14.3. The van der Waals surface area contributed by atoms with Gasteiger partial charge in [0.05, 0.1) is 24.7 Å².